The Labute approximate surface area is 125 Å². The smallest absolute Gasteiger partial charge is 0.355 e. The van der Waals surface area contributed by atoms with Gasteiger partial charge in [0.1, 0.15) is 12.3 Å². The lowest BCUT2D eigenvalue weighted by Gasteiger charge is -2.12. The van der Waals surface area contributed by atoms with E-state index in [1.165, 1.54) is 19.8 Å². The number of H-pyrrole nitrogens is 1. The molecule has 1 aliphatic carbocycles. The molecule has 1 heterocycles. The second-order valence-corrected chi connectivity index (χ2v) is 5.35. The summed E-state index contributed by atoms with van der Waals surface area (Å²) in [6.45, 7) is 3.73. The van der Waals surface area contributed by atoms with E-state index in [1.807, 2.05) is 0 Å². The van der Waals surface area contributed by atoms with Gasteiger partial charge in [0, 0.05) is 6.92 Å². The van der Waals surface area contributed by atoms with E-state index in [-0.39, 0.29) is 18.5 Å². The molecular formula is C16H23NO4. The molecule has 0 amide bonds. The number of esters is 2. The van der Waals surface area contributed by atoms with Crippen LogP contribution in [0.2, 0.25) is 0 Å². The maximum absolute atomic E-state index is 12.1. The van der Waals surface area contributed by atoms with Crippen LogP contribution in [-0.2, 0) is 33.7 Å². The molecule has 0 aromatic carbocycles. The summed E-state index contributed by atoms with van der Waals surface area (Å²) in [6, 6.07) is 0. The van der Waals surface area contributed by atoms with Crippen LogP contribution in [0.1, 0.15) is 66.8 Å². The molecule has 0 radical (unpaired) electrons. The highest BCUT2D eigenvalue weighted by atomic mass is 16.5. The molecule has 1 aromatic rings. The van der Waals surface area contributed by atoms with Gasteiger partial charge >= 0.3 is 11.9 Å². The molecule has 0 spiro atoms. The van der Waals surface area contributed by atoms with E-state index in [4.69, 9.17) is 9.47 Å². The first-order chi connectivity index (χ1) is 10.1. The predicted octanol–water partition coefficient (Wildman–Crippen LogP) is 2.91. The van der Waals surface area contributed by atoms with Crippen LogP contribution in [0.4, 0.5) is 0 Å². The van der Waals surface area contributed by atoms with Gasteiger partial charge in [0.15, 0.2) is 0 Å². The molecule has 0 aliphatic heterocycles. The molecule has 116 valence electrons. The number of nitrogens with one attached hydrogen (secondary N) is 1. The van der Waals surface area contributed by atoms with Gasteiger partial charge in [-0.3, -0.25) is 4.79 Å². The van der Waals surface area contributed by atoms with Gasteiger partial charge in [0.25, 0.3) is 0 Å². The fraction of sp³-hybridized carbons (Fsp3) is 0.625. The highest BCUT2D eigenvalue weighted by Gasteiger charge is 2.23. The van der Waals surface area contributed by atoms with Crippen LogP contribution in [0.3, 0.4) is 0 Å². The van der Waals surface area contributed by atoms with Gasteiger partial charge in [-0.25, -0.2) is 4.79 Å². The van der Waals surface area contributed by atoms with Crippen LogP contribution >= 0.6 is 0 Å². The summed E-state index contributed by atoms with van der Waals surface area (Å²) in [5, 5.41) is 0. The van der Waals surface area contributed by atoms with E-state index in [1.54, 1.807) is 6.92 Å². The Hall–Kier alpha value is -1.78. The minimum atomic E-state index is -0.318. The average molecular weight is 293 g/mol. The Morgan fingerprint density at radius 1 is 1.05 bits per heavy atom. The summed E-state index contributed by atoms with van der Waals surface area (Å²) < 4.78 is 10.2. The first-order valence-corrected chi connectivity index (χ1v) is 7.66. The van der Waals surface area contributed by atoms with Crippen molar-refractivity contribution in [3.05, 3.63) is 22.5 Å². The van der Waals surface area contributed by atoms with Gasteiger partial charge in [-0.15, -0.1) is 0 Å². The SMILES string of the molecule is CCOC(=O)c1[nH]c(COC(C)=O)c2c1CCCCCC2. The summed E-state index contributed by atoms with van der Waals surface area (Å²) in [7, 11) is 0. The van der Waals surface area contributed by atoms with Crippen molar-refractivity contribution in [2.24, 2.45) is 0 Å². The van der Waals surface area contributed by atoms with Crippen LogP contribution < -0.4 is 0 Å². The van der Waals surface area contributed by atoms with E-state index in [0.717, 1.165) is 42.5 Å². The molecule has 0 fully saturated rings. The number of hydrogen-bond donors (Lipinski definition) is 1. The van der Waals surface area contributed by atoms with Crippen molar-refractivity contribution in [3.8, 4) is 0 Å². The van der Waals surface area contributed by atoms with Gasteiger partial charge in [-0.05, 0) is 43.7 Å². The molecule has 0 atom stereocenters. The highest BCUT2D eigenvalue weighted by Crippen LogP contribution is 2.27. The Morgan fingerprint density at radius 2 is 1.71 bits per heavy atom. The zero-order chi connectivity index (χ0) is 15.2. The van der Waals surface area contributed by atoms with Crippen molar-refractivity contribution in [3.63, 3.8) is 0 Å². The number of fused-ring (bicyclic) bond motifs is 1. The van der Waals surface area contributed by atoms with Crippen molar-refractivity contribution in [1.82, 2.24) is 4.98 Å². The van der Waals surface area contributed by atoms with Crippen molar-refractivity contribution < 1.29 is 19.1 Å². The lowest BCUT2D eigenvalue weighted by atomic mass is 9.93. The molecule has 5 nitrogen and oxygen atoms in total. The quantitative estimate of drug-likeness (QED) is 0.867. The Kier molecular flexibility index (Phi) is 5.42. The second-order valence-electron chi connectivity index (χ2n) is 5.35. The zero-order valence-electron chi connectivity index (χ0n) is 12.8. The molecule has 21 heavy (non-hydrogen) atoms. The molecular weight excluding hydrogens is 270 g/mol. The van der Waals surface area contributed by atoms with Crippen LogP contribution in [0.25, 0.3) is 0 Å². The number of aromatic nitrogens is 1. The van der Waals surface area contributed by atoms with Gasteiger partial charge in [0.05, 0.1) is 12.3 Å². The number of carbonyl (C=O) groups is 2. The third kappa shape index (κ3) is 3.86. The minimum Gasteiger partial charge on any atom is -0.461 e. The van der Waals surface area contributed by atoms with Crippen molar-refractivity contribution >= 4 is 11.9 Å². The van der Waals surface area contributed by atoms with E-state index in [9.17, 15) is 9.59 Å². The maximum atomic E-state index is 12.1. The molecule has 1 aromatic heterocycles. The van der Waals surface area contributed by atoms with Crippen LogP contribution in [0, 0.1) is 0 Å². The van der Waals surface area contributed by atoms with Crippen molar-refractivity contribution in [1.29, 1.82) is 0 Å². The molecule has 0 saturated heterocycles. The first kappa shape index (κ1) is 15.6. The third-order valence-electron chi connectivity index (χ3n) is 3.81. The molecule has 1 N–H and O–H groups in total. The van der Waals surface area contributed by atoms with Crippen molar-refractivity contribution in [2.75, 3.05) is 6.61 Å². The monoisotopic (exact) mass is 293 g/mol. The standard InChI is InChI=1S/C16H23NO4/c1-3-20-16(19)15-13-9-7-5-4-6-8-12(13)14(17-15)10-21-11(2)18/h17H,3-10H2,1-2H3. The minimum absolute atomic E-state index is 0.192. The van der Waals surface area contributed by atoms with Gasteiger partial charge in [0.2, 0.25) is 0 Å². The second kappa shape index (κ2) is 7.29. The number of aromatic amines is 1. The highest BCUT2D eigenvalue weighted by molar-refractivity contribution is 5.90. The normalized spacial score (nSPS) is 14.8. The van der Waals surface area contributed by atoms with Crippen LogP contribution in [0.5, 0.6) is 0 Å². The average Bonchev–Trinajstić information content (AvgIpc) is 2.73. The summed E-state index contributed by atoms with van der Waals surface area (Å²) >= 11 is 0. The van der Waals surface area contributed by atoms with Gasteiger partial charge < -0.3 is 14.5 Å². The molecule has 0 saturated carbocycles. The third-order valence-corrected chi connectivity index (χ3v) is 3.81. The molecule has 0 bridgehead atoms. The summed E-state index contributed by atoms with van der Waals surface area (Å²) in [5.74, 6) is -0.634. The molecule has 1 aliphatic rings. The summed E-state index contributed by atoms with van der Waals surface area (Å²) in [4.78, 5) is 26.3. The summed E-state index contributed by atoms with van der Waals surface area (Å²) in [5.41, 5.74) is 3.57. The lowest BCUT2D eigenvalue weighted by Crippen LogP contribution is -2.09. The molecule has 2 rings (SSSR count). The Bertz CT molecular complexity index is 519. The first-order valence-electron chi connectivity index (χ1n) is 7.66. The number of hydrogen-bond acceptors (Lipinski definition) is 4. The maximum Gasteiger partial charge on any atom is 0.355 e. The van der Waals surface area contributed by atoms with Gasteiger partial charge in [-0.2, -0.15) is 0 Å². The van der Waals surface area contributed by atoms with Gasteiger partial charge in [-0.1, -0.05) is 12.8 Å². The van der Waals surface area contributed by atoms with E-state index in [2.05, 4.69) is 4.98 Å². The fourth-order valence-corrected chi connectivity index (χ4v) is 2.84. The lowest BCUT2D eigenvalue weighted by molar-refractivity contribution is -0.142. The van der Waals surface area contributed by atoms with Crippen LogP contribution in [0.15, 0.2) is 0 Å². The zero-order valence-corrected chi connectivity index (χ0v) is 12.8. The van der Waals surface area contributed by atoms with E-state index < -0.39 is 0 Å². The fourth-order valence-electron chi connectivity index (χ4n) is 2.84. The Balaban J connectivity index is 2.33. The molecule has 5 heteroatoms. The number of rotatable bonds is 4. The predicted molar refractivity (Wildman–Crippen MR) is 78.1 cm³/mol. The number of carbonyl (C=O) groups excluding carboxylic acids is 2. The summed E-state index contributed by atoms with van der Waals surface area (Å²) in [6.07, 6.45) is 6.35. The van der Waals surface area contributed by atoms with Crippen LogP contribution in [-0.4, -0.2) is 23.5 Å². The van der Waals surface area contributed by atoms with E-state index >= 15 is 0 Å². The largest absolute Gasteiger partial charge is 0.461 e. The van der Waals surface area contributed by atoms with E-state index in [0.29, 0.717) is 12.3 Å². The topological polar surface area (TPSA) is 68.4 Å². The van der Waals surface area contributed by atoms with Crippen molar-refractivity contribution in [2.45, 2.75) is 59.0 Å². The number of ether oxygens (including phenoxy) is 2. The Morgan fingerprint density at radius 3 is 2.33 bits per heavy atom. The molecule has 0 unspecified atom stereocenters.